The van der Waals surface area contributed by atoms with Crippen LogP contribution in [0.2, 0.25) is 0 Å². The Morgan fingerprint density at radius 1 is 1.40 bits per heavy atom. The van der Waals surface area contributed by atoms with E-state index in [2.05, 4.69) is 36.1 Å². The Bertz CT molecular complexity index is 546. The first-order valence-corrected chi connectivity index (χ1v) is 7.84. The molecule has 0 bridgehead atoms. The Morgan fingerprint density at radius 2 is 2.20 bits per heavy atom. The molecule has 20 heavy (non-hydrogen) atoms. The fourth-order valence-corrected chi connectivity index (χ4v) is 3.09. The summed E-state index contributed by atoms with van der Waals surface area (Å²) in [4.78, 5) is 12.6. The molecule has 5 nitrogen and oxygen atoms in total. The zero-order valence-electron chi connectivity index (χ0n) is 12.7. The molecule has 1 N–H and O–H groups in total. The van der Waals surface area contributed by atoms with Crippen LogP contribution in [-0.4, -0.2) is 28.1 Å². The van der Waals surface area contributed by atoms with Crippen LogP contribution < -0.4 is 10.2 Å². The van der Waals surface area contributed by atoms with E-state index < -0.39 is 0 Å². The molecule has 110 valence electrons. The summed E-state index contributed by atoms with van der Waals surface area (Å²) in [5.41, 5.74) is 1.21. The van der Waals surface area contributed by atoms with Crippen LogP contribution in [0.25, 0.3) is 0 Å². The minimum absolute atomic E-state index is 0.779. The molecule has 2 aromatic heterocycles. The van der Waals surface area contributed by atoms with Crippen molar-refractivity contribution in [3.63, 3.8) is 0 Å². The molecule has 0 saturated carbocycles. The summed E-state index contributed by atoms with van der Waals surface area (Å²) in [6.07, 6.45) is 4.78. The Morgan fingerprint density at radius 3 is 2.80 bits per heavy atom. The average molecular weight is 293 g/mol. The van der Waals surface area contributed by atoms with E-state index in [0.29, 0.717) is 0 Å². The zero-order chi connectivity index (χ0) is 14.5. The topological polar surface area (TPSA) is 46.0 Å². The lowest BCUT2D eigenvalue weighted by Gasteiger charge is -2.15. The third-order valence-corrected chi connectivity index (χ3v) is 4.48. The van der Waals surface area contributed by atoms with Gasteiger partial charge in [0.1, 0.15) is 5.82 Å². The summed E-state index contributed by atoms with van der Waals surface area (Å²) in [5.74, 6) is 1.05. The number of aromatic nitrogens is 3. The first-order chi connectivity index (χ1) is 9.65. The summed E-state index contributed by atoms with van der Waals surface area (Å²) in [5, 5.41) is 4.45. The van der Waals surface area contributed by atoms with Crippen molar-refractivity contribution in [1.82, 2.24) is 19.9 Å². The molecular formula is C14H23N5S. The van der Waals surface area contributed by atoms with E-state index in [9.17, 15) is 0 Å². The Hall–Kier alpha value is -1.40. The van der Waals surface area contributed by atoms with Crippen molar-refractivity contribution in [2.45, 2.75) is 33.4 Å². The van der Waals surface area contributed by atoms with Crippen LogP contribution in [0.4, 0.5) is 5.13 Å². The van der Waals surface area contributed by atoms with Crippen LogP contribution in [-0.2, 0) is 26.6 Å². The van der Waals surface area contributed by atoms with Gasteiger partial charge in [-0.25, -0.2) is 9.97 Å². The molecule has 0 unspecified atom stereocenters. The van der Waals surface area contributed by atoms with Crippen LogP contribution in [0, 0.1) is 0 Å². The highest BCUT2D eigenvalue weighted by molar-refractivity contribution is 7.15. The molecule has 0 aliphatic rings. The lowest BCUT2D eigenvalue weighted by Crippen LogP contribution is -2.18. The van der Waals surface area contributed by atoms with Gasteiger partial charge in [0, 0.05) is 37.9 Å². The standard InChI is InChI=1S/C14H23N5S/c1-5-11-12(9-15-6-2)20-14(17-11)19(4)10-13-16-7-8-18(13)3/h7-8,15H,5-6,9-10H2,1-4H3. The lowest BCUT2D eigenvalue weighted by atomic mass is 10.3. The number of thiazole rings is 1. The van der Waals surface area contributed by atoms with Gasteiger partial charge in [-0.2, -0.15) is 0 Å². The second kappa shape index (κ2) is 6.85. The molecule has 0 atom stereocenters. The number of rotatable bonds is 7. The van der Waals surface area contributed by atoms with Crippen molar-refractivity contribution < 1.29 is 0 Å². The number of aryl methyl sites for hydroxylation is 2. The molecule has 0 saturated heterocycles. The van der Waals surface area contributed by atoms with Gasteiger partial charge in [0.15, 0.2) is 5.13 Å². The van der Waals surface area contributed by atoms with Crippen molar-refractivity contribution in [2.24, 2.45) is 7.05 Å². The maximum absolute atomic E-state index is 4.76. The second-order valence-electron chi connectivity index (χ2n) is 4.81. The summed E-state index contributed by atoms with van der Waals surface area (Å²) in [6, 6.07) is 0. The third kappa shape index (κ3) is 3.37. The Labute approximate surface area is 124 Å². The van der Waals surface area contributed by atoms with Gasteiger partial charge in [-0.15, -0.1) is 11.3 Å². The molecule has 0 radical (unpaired) electrons. The molecule has 0 amide bonds. The van der Waals surface area contributed by atoms with E-state index in [4.69, 9.17) is 4.98 Å². The van der Waals surface area contributed by atoms with Gasteiger partial charge >= 0.3 is 0 Å². The van der Waals surface area contributed by atoms with Crippen LogP contribution in [0.1, 0.15) is 30.2 Å². The number of hydrogen-bond donors (Lipinski definition) is 1. The van der Waals surface area contributed by atoms with E-state index in [1.54, 1.807) is 11.3 Å². The van der Waals surface area contributed by atoms with Gasteiger partial charge < -0.3 is 14.8 Å². The van der Waals surface area contributed by atoms with E-state index in [1.807, 2.05) is 24.0 Å². The molecule has 2 aromatic rings. The Kier molecular flexibility index (Phi) is 5.14. The molecule has 2 heterocycles. The monoisotopic (exact) mass is 293 g/mol. The van der Waals surface area contributed by atoms with Crippen LogP contribution >= 0.6 is 11.3 Å². The molecule has 0 aromatic carbocycles. The Balaban J connectivity index is 2.11. The van der Waals surface area contributed by atoms with Gasteiger partial charge in [0.05, 0.1) is 12.2 Å². The summed E-state index contributed by atoms with van der Waals surface area (Å²) in [6.45, 7) is 6.96. The van der Waals surface area contributed by atoms with Gasteiger partial charge in [-0.1, -0.05) is 13.8 Å². The van der Waals surface area contributed by atoms with E-state index >= 15 is 0 Å². The van der Waals surface area contributed by atoms with Gasteiger partial charge in [0.2, 0.25) is 0 Å². The predicted octanol–water partition coefficient (Wildman–Crippen LogP) is 2.18. The highest BCUT2D eigenvalue weighted by atomic mass is 32.1. The normalized spacial score (nSPS) is 11.0. The third-order valence-electron chi connectivity index (χ3n) is 3.26. The average Bonchev–Trinajstić information content (AvgIpc) is 3.03. The minimum atomic E-state index is 0.779. The van der Waals surface area contributed by atoms with Crippen molar-refractivity contribution in [1.29, 1.82) is 0 Å². The molecule has 0 aliphatic heterocycles. The van der Waals surface area contributed by atoms with Crippen LogP contribution in [0.15, 0.2) is 12.4 Å². The minimum Gasteiger partial charge on any atom is -0.344 e. The van der Waals surface area contributed by atoms with E-state index in [0.717, 1.165) is 37.0 Å². The van der Waals surface area contributed by atoms with E-state index in [1.165, 1.54) is 10.6 Å². The van der Waals surface area contributed by atoms with Crippen molar-refractivity contribution in [3.8, 4) is 0 Å². The number of nitrogens with one attached hydrogen (secondary N) is 1. The molecule has 0 spiro atoms. The maximum atomic E-state index is 4.76. The summed E-state index contributed by atoms with van der Waals surface area (Å²) >= 11 is 1.78. The summed E-state index contributed by atoms with van der Waals surface area (Å²) in [7, 11) is 4.09. The van der Waals surface area contributed by atoms with Gasteiger partial charge in [-0.3, -0.25) is 0 Å². The highest BCUT2D eigenvalue weighted by Gasteiger charge is 2.14. The highest BCUT2D eigenvalue weighted by Crippen LogP contribution is 2.26. The predicted molar refractivity (Wildman–Crippen MR) is 84.2 cm³/mol. The zero-order valence-corrected chi connectivity index (χ0v) is 13.5. The van der Waals surface area contributed by atoms with Crippen LogP contribution in [0.3, 0.4) is 0 Å². The molecule has 0 aliphatic carbocycles. The number of anilines is 1. The summed E-state index contributed by atoms with van der Waals surface area (Å²) < 4.78 is 2.05. The van der Waals surface area contributed by atoms with Crippen molar-refractivity contribution in [2.75, 3.05) is 18.5 Å². The first kappa shape index (κ1) is 15.0. The second-order valence-corrected chi connectivity index (χ2v) is 5.87. The quantitative estimate of drug-likeness (QED) is 0.850. The van der Waals surface area contributed by atoms with Crippen molar-refractivity contribution >= 4 is 16.5 Å². The number of imidazole rings is 1. The largest absolute Gasteiger partial charge is 0.344 e. The SMILES string of the molecule is CCNCc1sc(N(C)Cc2nccn2C)nc1CC. The van der Waals surface area contributed by atoms with E-state index in [-0.39, 0.29) is 0 Å². The maximum Gasteiger partial charge on any atom is 0.185 e. The molecule has 0 fully saturated rings. The fraction of sp³-hybridized carbons (Fsp3) is 0.571. The molecular weight excluding hydrogens is 270 g/mol. The number of hydrogen-bond acceptors (Lipinski definition) is 5. The van der Waals surface area contributed by atoms with Gasteiger partial charge in [0.25, 0.3) is 0 Å². The van der Waals surface area contributed by atoms with Gasteiger partial charge in [-0.05, 0) is 13.0 Å². The first-order valence-electron chi connectivity index (χ1n) is 7.02. The smallest absolute Gasteiger partial charge is 0.185 e. The number of nitrogens with zero attached hydrogens (tertiary/aromatic N) is 4. The van der Waals surface area contributed by atoms with Crippen LogP contribution in [0.5, 0.6) is 0 Å². The lowest BCUT2D eigenvalue weighted by molar-refractivity contribution is 0.727. The van der Waals surface area contributed by atoms with Crippen molar-refractivity contribution in [3.05, 3.63) is 28.8 Å². The molecule has 2 rings (SSSR count). The fourth-order valence-electron chi connectivity index (χ4n) is 2.01. The molecule has 6 heteroatoms.